The minimum atomic E-state index is 0.882. The van der Waals surface area contributed by atoms with Crippen molar-refractivity contribution in [2.24, 2.45) is 0 Å². The molecule has 1 aromatic heterocycles. The second-order valence-electron chi connectivity index (χ2n) is 5.07. The van der Waals surface area contributed by atoms with E-state index in [1.807, 2.05) is 7.05 Å². The van der Waals surface area contributed by atoms with Gasteiger partial charge in [-0.25, -0.2) is 4.68 Å². The van der Waals surface area contributed by atoms with Gasteiger partial charge >= 0.3 is 0 Å². The van der Waals surface area contributed by atoms with Crippen LogP contribution in [0, 0.1) is 20.8 Å². The molecule has 3 heteroatoms. The van der Waals surface area contributed by atoms with Crippen LogP contribution in [0.25, 0.3) is 5.69 Å². The van der Waals surface area contributed by atoms with E-state index in [9.17, 15) is 0 Å². The molecule has 1 heterocycles. The van der Waals surface area contributed by atoms with E-state index in [0.29, 0.717) is 0 Å². The number of hydrogen-bond acceptors (Lipinski definition) is 2. The van der Waals surface area contributed by atoms with Crippen molar-refractivity contribution in [1.29, 1.82) is 0 Å². The molecule has 1 N–H and O–H groups in total. The van der Waals surface area contributed by atoms with E-state index in [1.54, 1.807) is 0 Å². The van der Waals surface area contributed by atoms with Gasteiger partial charge in [-0.3, -0.25) is 0 Å². The minimum absolute atomic E-state index is 0.882. The van der Waals surface area contributed by atoms with Crippen molar-refractivity contribution in [3.63, 3.8) is 0 Å². The largest absolute Gasteiger partial charge is 0.316 e. The van der Waals surface area contributed by atoms with Crippen LogP contribution in [0.1, 0.15) is 35.0 Å². The van der Waals surface area contributed by atoms with Crippen LogP contribution in [0.4, 0.5) is 0 Å². The maximum absolute atomic E-state index is 4.71. The van der Waals surface area contributed by atoms with Gasteiger partial charge in [-0.2, -0.15) is 5.10 Å². The van der Waals surface area contributed by atoms with Gasteiger partial charge in [0.2, 0.25) is 0 Å². The molecule has 0 saturated carbocycles. The van der Waals surface area contributed by atoms with Gasteiger partial charge in [0.1, 0.15) is 0 Å². The van der Waals surface area contributed by atoms with E-state index in [1.165, 1.54) is 28.1 Å². The predicted molar refractivity (Wildman–Crippen MR) is 79.9 cm³/mol. The van der Waals surface area contributed by atoms with Gasteiger partial charge in [0.15, 0.2) is 0 Å². The van der Waals surface area contributed by atoms with E-state index < -0.39 is 0 Å². The standard InChI is InChI=1S/C16H23N3/c1-6-15-12(3)18-19(13(15)4)16-9-14(10-17-5)8-7-11(16)2/h7-9,17H,6,10H2,1-5H3. The third-order valence-corrected chi connectivity index (χ3v) is 3.68. The molecule has 0 saturated heterocycles. The van der Waals surface area contributed by atoms with Crippen molar-refractivity contribution in [3.05, 3.63) is 46.3 Å². The van der Waals surface area contributed by atoms with Gasteiger partial charge < -0.3 is 5.32 Å². The molecule has 0 spiro atoms. The van der Waals surface area contributed by atoms with Gasteiger partial charge in [0.25, 0.3) is 0 Å². The van der Waals surface area contributed by atoms with Crippen molar-refractivity contribution in [2.75, 3.05) is 7.05 Å². The summed E-state index contributed by atoms with van der Waals surface area (Å²) >= 11 is 0. The highest BCUT2D eigenvalue weighted by molar-refractivity contribution is 5.45. The Morgan fingerprint density at radius 2 is 1.95 bits per heavy atom. The third-order valence-electron chi connectivity index (χ3n) is 3.68. The maximum atomic E-state index is 4.71. The first-order valence-electron chi connectivity index (χ1n) is 6.88. The monoisotopic (exact) mass is 257 g/mol. The lowest BCUT2D eigenvalue weighted by atomic mass is 10.1. The fraction of sp³-hybridized carbons (Fsp3) is 0.438. The van der Waals surface area contributed by atoms with E-state index in [4.69, 9.17) is 5.10 Å². The number of aromatic nitrogens is 2. The second-order valence-corrected chi connectivity index (χ2v) is 5.07. The number of nitrogens with one attached hydrogen (secondary N) is 1. The quantitative estimate of drug-likeness (QED) is 0.912. The summed E-state index contributed by atoms with van der Waals surface area (Å²) in [6.45, 7) is 9.46. The van der Waals surface area contributed by atoms with E-state index in [0.717, 1.165) is 18.7 Å². The Balaban J connectivity index is 2.54. The molecule has 0 atom stereocenters. The summed E-state index contributed by atoms with van der Waals surface area (Å²) in [6.07, 6.45) is 1.03. The Morgan fingerprint density at radius 3 is 2.53 bits per heavy atom. The smallest absolute Gasteiger partial charge is 0.0681 e. The normalized spacial score (nSPS) is 11.0. The molecule has 0 amide bonds. The molecule has 0 aliphatic carbocycles. The second kappa shape index (κ2) is 5.57. The zero-order valence-corrected chi connectivity index (χ0v) is 12.5. The number of aryl methyl sites for hydroxylation is 2. The first-order chi connectivity index (χ1) is 9.08. The van der Waals surface area contributed by atoms with Gasteiger partial charge in [-0.05, 0) is 57.0 Å². The molecule has 2 aromatic rings. The van der Waals surface area contributed by atoms with Crippen LogP contribution in [0.3, 0.4) is 0 Å². The van der Waals surface area contributed by atoms with Crippen molar-refractivity contribution in [1.82, 2.24) is 15.1 Å². The Kier molecular flexibility index (Phi) is 4.05. The summed E-state index contributed by atoms with van der Waals surface area (Å²) in [5, 5.41) is 7.90. The van der Waals surface area contributed by atoms with Crippen LogP contribution in [0.5, 0.6) is 0 Å². The number of rotatable bonds is 4. The molecular formula is C16H23N3. The molecule has 0 aliphatic heterocycles. The zero-order chi connectivity index (χ0) is 14.0. The highest BCUT2D eigenvalue weighted by atomic mass is 15.3. The molecule has 0 unspecified atom stereocenters. The maximum Gasteiger partial charge on any atom is 0.0681 e. The number of hydrogen-bond donors (Lipinski definition) is 1. The van der Waals surface area contributed by atoms with Gasteiger partial charge in [-0.1, -0.05) is 19.1 Å². The molecule has 1 aromatic carbocycles. The first kappa shape index (κ1) is 13.8. The van der Waals surface area contributed by atoms with E-state index in [-0.39, 0.29) is 0 Å². The first-order valence-corrected chi connectivity index (χ1v) is 6.88. The van der Waals surface area contributed by atoms with Gasteiger partial charge in [0, 0.05) is 12.2 Å². The summed E-state index contributed by atoms with van der Waals surface area (Å²) in [4.78, 5) is 0. The Hall–Kier alpha value is -1.61. The van der Waals surface area contributed by atoms with Crippen molar-refractivity contribution < 1.29 is 0 Å². The fourth-order valence-corrected chi connectivity index (χ4v) is 2.62. The molecule has 19 heavy (non-hydrogen) atoms. The molecule has 0 fully saturated rings. The highest BCUT2D eigenvalue weighted by Gasteiger charge is 2.12. The molecule has 0 aliphatic rings. The van der Waals surface area contributed by atoms with Crippen LogP contribution in [0.15, 0.2) is 18.2 Å². The zero-order valence-electron chi connectivity index (χ0n) is 12.5. The summed E-state index contributed by atoms with van der Waals surface area (Å²) in [7, 11) is 1.97. The lowest BCUT2D eigenvalue weighted by Gasteiger charge is -2.11. The average molecular weight is 257 g/mol. The van der Waals surface area contributed by atoms with Gasteiger partial charge in [-0.15, -0.1) is 0 Å². The molecule has 2 rings (SSSR count). The Morgan fingerprint density at radius 1 is 1.21 bits per heavy atom. The lowest BCUT2D eigenvalue weighted by molar-refractivity contribution is 0.799. The SMILES string of the molecule is CCc1c(C)nn(-c2cc(CNC)ccc2C)c1C. The summed E-state index contributed by atoms with van der Waals surface area (Å²) < 4.78 is 2.09. The average Bonchev–Trinajstić information content (AvgIpc) is 2.67. The summed E-state index contributed by atoms with van der Waals surface area (Å²) in [6, 6.07) is 6.57. The van der Waals surface area contributed by atoms with E-state index >= 15 is 0 Å². The third kappa shape index (κ3) is 2.56. The van der Waals surface area contributed by atoms with E-state index in [2.05, 4.69) is 55.9 Å². The topological polar surface area (TPSA) is 29.9 Å². The predicted octanol–water partition coefficient (Wildman–Crippen LogP) is 3.08. The Labute approximate surface area is 115 Å². The lowest BCUT2D eigenvalue weighted by Crippen LogP contribution is -2.08. The van der Waals surface area contributed by atoms with Crippen LogP contribution in [0.2, 0.25) is 0 Å². The minimum Gasteiger partial charge on any atom is -0.316 e. The molecule has 3 nitrogen and oxygen atoms in total. The molecular weight excluding hydrogens is 234 g/mol. The van der Waals surface area contributed by atoms with Crippen LogP contribution >= 0.6 is 0 Å². The molecule has 0 bridgehead atoms. The number of nitrogens with zero attached hydrogens (tertiary/aromatic N) is 2. The fourth-order valence-electron chi connectivity index (χ4n) is 2.62. The van der Waals surface area contributed by atoms with Crippen molar-refractivity contribution in [3.8, 4) is 5.69 Å². The van der Waals surface area contributed by atoms with Gasteiger partial charge in [0.05, 0.1) is 11.4 Å². The van der Waals surface area contributed by atoms with Crippen LogP contribution < -0.4 is 5.32 Å². The van der Waals surface area contributed by atoms with Crippen molar-refractivity contribution >= 4 is 0 Å². The Bertz CT molecular complexity index is 582. The summed E-state index contributed by atoms with van der Waals surface area (Å²) in [5.41, 5.74) is 7.48. The highest BCUT2D eigenvalue weighted by Crippen LogP contribution is 2.22. The van der Waals surface area contributed by atoms with Crippen molar-refractivity contribution in [2.45, 2.75) is 40.7 Å². The molecule has 102 valence electrons. The van der Waals surface area contributed by atoms with Crippen LogP contribution in [-0.4, -0.2) is 16.8 Å². The molecule has 0 radical (unpaired) electrons. The summed E-state index contributed by atoms with van der Waals surface area (Å²) in [5.74, 6) is 0. The van der Waals surface area contributed by atoms with Crippen LogP contribution in [-0.2, 0) is 13.0 Å². The number of benzene rings is 1.